The summed E-state index contributed by atoms with van der Waals surface area (Å²) in [6, 6.07) is 5.78. The van der Waals surface area contributed by atoms with E-state index in [2.05, 4.69) is 4.98 Å². The van der Waals surface area contributed by atoms with Crippen LogP contribution in [-0.2, 0) is 4.74 Å². The Morgan fingerprint density at radius 1 is 1.44 bits per heavy atom. The average Bonchev–Trinajstić information content (AvgIpc) is 2.58. The quantitative estimate of drug-likeness (QED) is 0.725. The van der Waals surface area contributed by atoms with E-state index >= 15 is 0 Å². The predicted molar refractivity (Wildman–Crippen MR) is 60.6 cm³/mol. The molecule has 16 heavy (non-hydrogen) atoms. The van der Waals surface area contributed by atoms with Crippen LogP contribution in [0.1, 0.15) is 28.8 Å². The smallest absolute Gasteiger partial charge is 0.358 e. The molecule has 0 fully saturated rings. The van der Waals surface area contributed by atoms with Crippen LogP contribution < -0.4 is 0 Å². The Hall–Kier alpha value is -1.84. The molecule has 0 aliphatic rings. The van der Waals surface area contributed by atoms with E-state index < -0.39 is 0 Å². The third kappa shape index (κ3) is 1.56. The summed E-state index contributed by atoms with van der Waals surface area (Å²) in [5.74, 6) is -0.358. The van der Waals surface area contributed by atoms with Crippen molar-refractivity contribution < 1.29 is 9.53 Å². The first-order chi connectivity index (χ1) is 7.65. The fourth-order valence-corrected chi connectivity index (χ4v) is 1.82. The lowest BCUT2D eigenvalue weighted by molar-refractivity contribution is 0.0519. The Morgan fingerprint density at radius 2 is 2.19 bits per heavy atom. The van der Waals surface area contributed by atoms with Crippen LogP contribution in [0, 0.1) is 13.8 Å². The molecular formula is C12H14N2O2. The first-order valence-corrected chi connectivity index (χ1v) is 5.27. The first kappa shape index (κ1) is 10.7. The molecule has 0 saturated carbocycles. The van der Waals surface area contributed by atoms with Crippen molar-refractivity contribution in [3.63, 3.8) is 0 Å². The second kappa shape index (κ2) is 3.96. The van der Waals surface area contributed by atoms with Gasteiger partial charge in [0.05, 0.1) is 12.3 Å². The van der Waals surface area contributed by atoms with E-state index in [0.717, 1.165) is 17.0 Å². The molecule has 0 amide bonds. The number of fused-ring (bicyclic) bond motifs is 1. The van der Waals surface area contributed by atoms with Crippen molar-refractivity contribution >= 4 is 11.6 Å². The maximum atomic E-state index is 11.6. The number of aromatic nitrogens is 2. The van der Waals surface area contributed by atoms with Crippen LogP contribution in [0.15, 0.2) is 18.2 Å². The Labute approximate surface area is 93.9 Å². The molecule has 0 radical (unpaired) electrons. The molecule has 2 rings (SSSR count). The molecule has 0 aliphatic carbocycles. The molecule has 0 aromatic carbocycles. The summed E-state index contributed by atoms with van der Waals surface area (Å²) < 4.78 is 6.91. The third-order valence-corrected chi connectivity index (χ3v) is 2.54. The van der Waals surface area contributed by atoms with Gasteiger partial charge >= 0.3 is 5.97 Å². The molecule has 0 unspecified atom stereocenters. The SMILES string of the molecule is CCOC(=O)c1nc2cccc(C)n2c1C. The van der Waals surface area contributed by atoms with Crippen molar-refractivity contribution in [3.8, 4) is 0 Å². The van der Waals surface area contributed by atoms with Crippen molar-refractivity contribution in [2.24, 2.45) is 0 Å². The molecule has 0 spiro atoms. The molecule has 2 aromatic heterocycles. The van der Waals surface area contributed by atoms with Gasteiger partial charge in [0.25, 0.3) is 0 Å². The number of pyridine rings is 1. The second-order valence-electron chi connectivity index (χ2n) is 3.63. The molecule has 0 N–H and O–H groups in total. The zero-order valence-corrected chi connectivity index (χ0v) is 9.65. The van der Waals surface area contributed by atoms with E-state index in [4.69, 9.17) is 4.74 Å². The summed E-state index contributed by atoms with van der Waals surface area (Å²) in [6.45, 7) is 6.01. The van der Waals surface area contributed by atoms with E-state index in [1.807, 2.05) is 36.4 Å². The summed E-state index contributed by atoms with van der Waals surface area (Å²) in [6.07, 6.45) is 0. The normalized spacial score (nSPS) is 10.7. The Bertz CT molecular complexity index is 543. The van der Waals surface area contributed by atoms with Gasteiger partial charge in [0.2, 0.25) is 0 Å². The lowest BCUT2D eigenvalue weighted by Gasteiger charge is -2.01. The molecule has 2 heterocycles. The highest BCUT2D eigenvalue weighted by Crippen LogP contribution is 2.15. The molecule has 0 saturated heterocycles. The molecule has 2 aromatic rings. The zero-order chi connectivity index (χ0) is 11.7. The standard InChI is InChI=1S/C12H14N2O2/c1-4-16-12(15)11-9(3)14-8(2)6-5-7-10(14)13-11/h5-7H,4H2,1-3H3. The number of nitrogens with zero attached hydrogens (tertiary/aromatic N) is 2. The minimum atomic E-state index is -0.358. The van der Waals surface area contributed by atoms with Crippen LogP contribution in [-0.4, -0.2) is 22.0 Å². The van der Waals surface area contributed by atoms with Gasteiger partial charge in [0, 0.05) is 5.69 Å². The van der Waals surface area contributed by atoms with Gasteiger partial charge in [-0.3, -0.25) is 0 Å². The van der Waals surface area contributed by atoms with Gasteiger partial charge in [-0.15, -0.1) is 0 Å². The molecule has 4 nitrogen and oxygen atoms in total. The van der Waals surface area contributed by atoms with Crippen molar-refractivity contribution in [3.05, 3.63) is 35.3 Å². The summed E-state index contributed by atoms with van der Waals surface area (Å²) in [5.41, 5.74) is 3.06. The molecule has 84 valence electrons. The fourth-order valence-electron chi connectivity index (χ4n) is 1.82. The summed E-state index contributed by atoms with van der Waals surface area (Å²) in [7, 11) is 0. The summed E-state index contributed by atoms with van der Waals surface area (Å²) in [4.78, 5) is 15.9. The van der Waals surface area contributed by atoms with E-state index in [9.17, 15) is 4.79 Å². The van der Waals surface area contributed by atoms with Gasteiger partial charge < -0.3 is 9.14 Å². The number of aryl methyl sites for hydroxylation is 2. The van der Waals surface area contributed by atoms with Crippen LogP contribution in [0.5, 0.6) is 0 Å². The van der Waals surface area contributed by atoms with Gasteiger partial charge in [-0.05, 0) is 32.9 Å². The lowest BCUT2D eigenvalue weighted by atomic mass is 10.3. The number of esters is 1. The van der Waals surface area contributed by atoms with E-state index in [0.29, 0.717) is 12.3 Å². The van der Waals surface area contributed by atoms with Crippen molar-refractivity contribution in [1.82, 2.24) is 9.38 Å². The zero-order valence-electron chi connectivity index (χ0n) is 9.65. The Morgan fingerprint density at radius 3 is 2.81 bits per heavy atom. The predicted octanol–water partition coefficient (Wildman–Crippen LogP) is 2.13. The third-order valence-electron chi connectivity index (χ3n) is 2.54. The minimum Gasteiger partial charge on any atom is -0.461 e. The monoisotopic (exact) mass is 218 g/mol. The van der Waals surface area contributed by atoms with E-state index in [1.54, 1.807) is 6.92 Å². The van der Waals surface area contributed by atoms with Crippen molar-refractivity contribution in [2.45, 2.75) is 20.8 Å². The Kier molecular flexibility index (Phi) is 2.64. The number of hydrogen-bond acceptors (Lipinski definition) is 3. The van der Waals surface area contributed by atoms with Crippen LogP contribution in [0.2, 0.25) is 0 Å². The maximum Gasteiger partial charge on any atom is 0.358 e. The highest BCUT2D eigenvalue weighted by Gasteiger charge is 2.17. The molecule has 0 atom stereocenters. The molecular weight excluding hydrogens is 204 g/mol. The summed E-state index contributed by atoms with van der Waals surface area (Å²) in [5, 5.41) is 0. The second-order valence-corrected chi connectivity index (χ2v) is 3.63. The first-order valence-electron chi connectivity index (χ1n) is 5.27. The van der Waals surface area contributed by atoms with Crippen LogP contribution in [0.25, 0.3) is 5.65 Å². The lowest BCUT2D eigenvalue weighted by Crippen LogP contribution is -2.07. The number of rotatable bonds is 2. The number of ether oxygens (including phenoxy) is 1. The Balaban J connectivity index is 2.61. The van der Waals surface area contributed by atoms with Crippen molar-refractivity contribution in [1.29, 1.82) is 0 Å². The largest absolute Gasteiger partial charge is 0.461 e. The highest BCUT2D eigenvalue weighted by molar-refractivity contribution is 5.89. The van der Waals surface area contributed by atoms with Crippen molar-refractivity contribution in [2.75, 3.05) is 6.61 Å². The molecule has 0 aliphatic heterocycles. The van der Waals surface area contributed by atoms with Gasteiger partial charge in [0.1, 0.15) is 5.65 Å². The molecule has 0 bridgehead atoms. The van der Waals surface area contributed by atoms with Gasteiger partial charge in [-0.1, -0.05) is 6.07 Å². The van der Waals surface area contributed by atoms with Crippen LogP contribution in [0.3, 0.4) is 0 Å². The van der Waals surface area contributed by atoms with Crippen LogP contribution in [0.4, 0.5) is 0 Å². The van der Waals surface area contributed by atoms with Gasteiger partial charge in [0.15, 0.2) is 5.69 Å². The number of carbonyl (C=O) groups excluding carboxylic acids is 1. The van der Waals surface area contributed by atoms with Gasteiger partial charge in [-0.25, -0.2) is 9.78 Å². The van der Waals surface area contributed by atoms with Gasteiger partial charge in [-0.2, -0.15) is 0 Å². The number of carbonyl (C=O) groups is 1. The molecule has 4 heteroatoms. The van der Waals surface area contributed by atoms with E-state index in [-0.39, 0.29) is 5.97 Å². The maximum absolute atomic E-state index is 11.6. The fraction of sp³-hybridized carbons (Fsp3) is 0.333. The number of imidazole rings is 1. The number of hydrogen-bond donors (Lipinski definition) is 0. The average molecular weight is 218 g/mol. The highest BCUT2D eigenvalue weighted by atomic mass is 16.5. The minimum absolute atomic E-state index is 0.358. The topological polar surface area (TPSA) is 43.6 Å². The van der Waals surface area contributed by atoms with Crippen LogP contribution >= 0.6 is 0 Å². The summed E-state index contributed by atoms with van der Waals surface area (Å²) >= 11 is 0. The van der Waals surface area contributed by atoms with E-state index in [1.165, 1.54) is 0 Å².